The summed E-state index contributed by atoms with van der Waals surface area (Å²) >= 11 is 0. The fourth-order valence-corrected chi connectivity index (χ4v) is 1.46. The van der Waals surface area contributed by atoms with E-state index in [2.05, 4.69) is 5.48 Å². The van der Waals surface area contributed by atoms with Crippen molar-refractivity contribution in [1.82, 2.24) is 5.48 Å². The molecule has 0 aliphatic carbocycles. The van der Waals surface area contributed by atoms with Crippen molar-refractivity contribution in [2.75, 3.05) is 7.11 Å². The van der Waals surface area contributed by atoms with Crippen molar-refractivity contribution in [2.24, 2.45) is 0 Å². The molecule has 5 heteroatoms. The number of nitrogens with one attached hydrogen (secondary N) is 1. The van der Waals surface area contributed by atoms with E-state index in [4.69, 9.17) is 9.57 Å². The van der Waals surface area contributed by atoms with Gasteiger partial charge in [-0.25, -0.2) is 4.79 Å². The molecule has 0 aliphatic rings. The van der Waals surface area contributed by atoms with E-state index in [9.17, 15) is 9.59 Å². The van der Waals surface area contributed by atoms with Gasteiger partial charge < -0.3 is 9.57 Å². The minimum Gasteiger partial charge on any atom is -0.368 e. The molecular weight excluding hydrogens is 258 g/mol. The van der Waals surface area contributed by atoms with Crippen molar-refractivity contribution in [3.05, 3.63) is 35.9 Å². The Morgan fingerprint density at radius 3 is 2.35 bits per heavy atom. The predicted octanol–water partition coefficient (Wildman–Crippen LogP) is 2.12. The van der Waals surface area contributed by atoms with Crippen LogP contribution < -0.4 is 5.48 Å². The van der Waals surface area contributed by atoms with Gasteiger partial charge in [0.05, 0.1) is 0 Å². The SMILES string of the molecule is CCC(NOC(=O)C(C)(C)OC)C(=O)c1ccccc1. The molecule has 0 bridgehead atoms. The van der Waals surface area contributed by atoms with Crippen LogP contribution in [0.3, 0.4) is 0 Å². The number of benzene rings is 1. The second kappa shape index (κ2) is 7.17. The van der Waals surface area contributed by atoms with Crippen LogP contribution in [0.4, 0.5) is 0 Å². The van der Waals surface area contributed by atoms with E-state index in [0.717, 1.165) is 0 Å². The highest BCUT2D eigenvalue weighted by molar-refractivity contribution is 6.00. The van der Waals surface area contributed by atoms with Crippen LogP contribution in [0.1, 0.15) is 37.6 Å². The molecule has 1 atom stereocenters. The van der Waals surface area contributed by atoms with E-state index < -0.39 is 17.6 Å². The fraction of sp³-hybridized carbons (Fsp3) is 0.467. The zero-order valence-electron chi connectivity index (χ0n) is 12.3. The lowest BCUT2D eigenvalue weighted by Gasteiger charge is -2.22. The minimum atomic E-state index is -1.05. The lowest BCUT2D eigenvalue weighted by atomic mass is 10.0. The first-order valence-corrected chi connectivity index (χ1v) is 6.53. The van der Waals surface area contributed by atoms with Gasteiger partial charge in [0.25, 0.3) is 0 Å². The van der Waals surface area contributed by atoms with Gasteiger partial charge in [0.2, 0.25) is 0 Å². The quantitative estimate of drug-likeness (QED) is 0.612. The summed E-state index contributed by atoms with van der Waals surface area (Å²) in [6.45, 7) is 5.03. The largest absolute Gasteiger partial charge is 0.368 e. The van der Waals surface area contributed by atoms with E-state index >= 15 is 0 Å². The van der Waals surface area contributed by atoms with E-state index in [1.54, 1.807) is 38.1 Å². The third kappa shape index (κ3) is 4.15. The number of Topliss-reactive ketones (excluding diaryl/α,β-unsaturated/α-hetero) is 1. The van der Waals surface area contributed by atoms with Crippen molar-refractivity contribution in [3.63, 3.8) is 0 Å². The van der Waals surface area contributed by atoms with Crippen molar-refractivity contribution in [1.29, 1.82) is 0 Å². The first kappa shape index (κ1) is 16.3. The van der Waals surface area contributed by atoms with Gasteiger partial charge in [0.1, 0.15) is 6.04 Å². The molecule has 0 saturated carbocycles. The topological polar surface area (TPSA) is 64.6 Å². The maximum Gasteiger partial charge on any atom is 0.356 e. The maximum atomic E-state index is 12.2. The summed E-state index contributed by atoms with van der Waals surface area (Å²) < 4.78 is 5.01. The number of carbonyl (C=O) groups excluding carboxylic acids is 2. The van der Waals surface area contributed by atoms with Crippen LogP contribution >= 0.6 is 0 Å². The molecule has 5 nitrogen and oxygen atoms in total. The second-order valence-corrected chi connectivity index (χ2v) is 4.91. The van der Waals surface area contributed by atoms with Gasteiger partial charge in [-0.3, -0.25) is 4.79 Å². The van der Waals surface area contributed by atoms with Gasteiger partial charge in [-0.15, -0.1) is 5.48 Å². The summed E-state index contributed by atoms with van der Waals surface area (Å²) in [5.41, 5.74) is 2.05. The highest BCUT2D eigenvalue weighted by Gasteiger charge is 2.30. The Morgan fingerprint density at radius 1 is 1.25 bits per heavy atom. The van der Waals surface area contributed by atoms with Crippen molar-refractivity contribution < 1.29 is 19.2 Å². The molecule has 0 fully saturated rings. The van der Waals surface area contributed by atoms with Crippen molar-refractivity contribution in [2.45, 2.75) is 38.8 Å². The third-order valence-corrected chi connectivity index (χ3v) is 3.08. The first-order chi connectivity index (χ1) is 9.42. The Labute approximate surface area is 119 Å². The van der Waals surface area contributed by atoms with Gasteiger partial charge in [0, 0.05) is 12.7 Å². The Bertz CT molecular complexity index is 456. The fourth-order valence-electron chi connectivity index (χ4n) is 1.46. The molecule has 0 aliphatic heterocycles. The summed E-state index contributed by atoms with van der Waals surface area (Å²) in [6.07, 6.45) is 0.508. The van der Waals surface area contributed by atoms with Gasteiger partial charge in [-0.1, -0.05) is 37.3 Å². The Hall–Kier alpha value is -1.72. The lowest BCUT2D eigenvalue weighted by molar-refractivity contribution is -0.173. The number of carbonyl (C=O) groups is 2. The van der Waals surface area contributed by atoms with E-state index in [1.807, 2.05) is 13.0 Å². The van der Waals surface area contributed by atoms with Crippen LogP contribution in [-0.4, -0.2) is 30.5 Å². The number of ether oxygens (including phenoxy) is 1. The van der Waals surface area contributed by atoms with Crippen molar-refractivity contribution in [3.8, 4) is 0 Å². The van der Waals surface area contributed by atoms with E-state index in [0.29, 0.717) is 12.0 Å². The number of hydrogen-bond donors (Lipinski definition) is 1. The number of hydroxylamine groups is 1. The van der Waals surface area contributed by atoms with E-state index in [1.165, 1.54) is 7.11 Å². The minimum absolute atomic E-state index is 0.115. The van der Waals surface area contributed by atoms with Crippen molar-refractivity contribution >= 4 is 11.8 Å². The zero-order chi connectivity index (χ0) is 15.2. The molecule has 1 unspecified atom stereocenters. The maximum absolute atomic E-state index is 12.2. The molecule has 0 heterocycles. The zero-order valence-corrected chi connectivity index (χ0v) is 12.3. The van der Waals surface area contributed by atoms with Crippen LogP contribution in [0.25, 0.3) is 0 Å². The molecule has 0 radical (unpaired) electrons. The molecule has 1 aromatic carbocycles. The summed E-state index contributed by atoms with van der Waals surface area (Å²) in [5.74, 6) is -0.685. The smallest absolute Gasteiger partial charge is 0.356 e. The molecule has 1 rings (SSSR count). The highest BCUT2D eigenvalue weighted by atomic mass is 16.7. The number of methoxy groups -OCH3 is 1. The van der Waals surface area contributed by atoms with Gasteiger partial charge in [0.15, 0.2) is 11.4 Å². The average Bonchev–Trinajstić information content (AvgIpc) is 2.48. The molecule has 1 aromatic rings. The summed E-state index contributed by atoms with van der Waals surface area (Å²) in [5, 5.41) is 0. The molecule has 110 valence electrons. The number of rotatable bonds is 7. The average molecular weight is 279 g/mol. The van der Waals surface area contributed by atoms with E-state index in [-0.39, 0.29) is 5.78 Å². The Kier molecular flexibility index (Phi) is 5.85. The van der Waals surface area contributed by atoms with Gasteiger partial charge >= 0.3 is 5.97 Å². The number of hydrogen-bond acceptors (Lipinski definition) is 5. The molecule has 20 heavy (non-hydrogen) atoms. The summed E-state index contributed by atoms with van der Waals surface area (Å²) in [4.78, 5) is 28.9. The molecule has 0 saturated heterocycles. The number of ketones is 1. The summed E-state index contributed by atoms with van der Waals surface area (Å²) in [7, 11) is 1.42. The molecule has 1 N–H and O–H groups in total. The highest BCUT2D eigenvalue weighted by Crippen LogP contribution is 2.10. The van der Waals surface area contributed by atoms with Crippen LogP contribution in [0.2, 0.25) is 0 Å². The lowest BCUT2D eigenvalue weighted by Crippen LogP contribution is -2.44. The molecule has 0 spiro atoms. The Balaban J connectivity index is 2.65. The van der Waals surface area contributed by atoms with Crippen LogP contribution in [0.15, 0.2) is 30.3 Å². The standard InChI is InChI=1S/C15H21NO4/c1-5-12(13(17)11-9-7-6-8-10-11)16-20-14(18)15(2,3)19-4/h6-10,12,16H,5H2,1-4H3. The van der Waals surface area contributed by atoms with Crippen LogP contribution in [0, 0.1) is 0 Å². The van der Waals surface area contributed by atoms with Gasteiger partial charge in [-0.05, 0) is 20.3 Å². The predicted molar refractivity (Wildman–Crippen MR) is 75.2 cm³/mol. The second-order valence-electron chi connectivity index (χ2n) is 4.91. The molecular formula is C15H21NO4. The van der Waals surface area contributed by atoms with Crippen LogP contribution in [-0.2, 0) is 14.4 Å². The Morgan fingerprint density at radius 2 is 1.85 bits per heavy atom. The molecule has 0 aromatic heterocycles. The van der Waals surface area contributed by atoms with Crippen LogP contribution in [0.5, 0.6) is 0 Å². The molecule has 0 amide bonds. The van der Waals surface area contributed by atoms with Gasteiger partial charge in [-0.2, -0.15) is 0 Å². The normalized spacial score (nSPS) is 12.8. The monoisotopic (exact) mass is 279 g/mol. The first-order valence-electron chi connectivity index (χ1n) is 6.53. The third-order valence-electron chi connectivity index (χ3n) is 3.08. The summed E-state index contributed by atoms with van der Waals surface area (Å²) in [6, 6.07) is 8.31.